The summed E-state index contributed by atoms with van der Waals surface area (Å²) in [5.74, 6) is 0. The van der Waals surface area contributed by atoms with Crippen molar-refractivity contribution < 1.29 is 4.74 Å². The maximum Gasteiger partial charge on any atom is 0.185 e. The number of hydrogen-bond donors (Lipinski definition) is 1. The highest BCUT2D eigenvalue weighted by molar-refractivity contribution is 7.15. The van der Waals surface area contributed by atoms with Crippen LogP contribution in [0.1, 0.15) is 39.5 Å². The molecule has 1 heterocycles. The van der Waals surface area contributed by atoms with Gasteiger partial charge in [-0.25, -0.2) is 4.98 Å². The Hall–Kier alpha value is -0.650. The van der Waals surface area contributed by atoms with Crippen molar-refractivity contribution in [2.45, 2.75) is 46.8 Å². The Morgan fingerprint density at radius 3 is 2.58 bits per heavy atom. The molecule has 1 aromatic heterocycles. The van der Waals surface area contributed by atoms with Crippen LogP contribution in [0.15, 0.2) is 6.20 Å². The van der Waals surface area contributed by atoms with Crippen LogP contribution in [0.25, 0.3) is 0 Å². The zero-order valence-corrected chi connectivity index (χ0v) is 13.6. The van der Waals surface area contributed by atoms with Crippen LogP contribution in [-0.2, 0) is 11.3 Å². The van der Waals surface area contributed by atoms with Crippen molar-refractivity contribution in [3.8, 4) is 0 Å². The molecule has 110 valence electrons. The number of ether oxygens (including phenoxy) is 1. The van der Waals surface area contributed by atoms with Crippen LogP contribution in [0, 0.1) is 0 Å². The second kappa shape index (κ2) is 7.82. The first-order valence-electron chi connectivity index (χ1n) is 7.06. The van der Waals surface area contributed by atoms with E-state index in [0.29, 0.717) is 0 Å². The van der Waals surface area contributed by atoms with Crippen LogP contribution in [0.3, 0.4) is 0 Å². The predicted octanol–water partition coefficient (Wildman–Crippen LogP) is 2.89. The summed E-state index contributed by atoms with van der Waals surface area (Å²) in [6, 6.07) is 0. The highest BCUT2D eigenvalue weighted by Crippen LogP contribution is 2.22. The number of anilines is 1. The molecule has 0 radical (unpaired) electrons. The third kappa shape index (κ3) is 5.47. The quantitative estimate of drug-likeness (QED) is 0.757. The molecule has 0 amide bonds. The normalized spacial score (nSPS) is 11.8. The highest BCUT2D eigenvalue weighted by atomic mass is 32.1. The Morgan fingerprint density at radius 1 is 1.32 bits per heavy atom. The molecule has 0 atom stereocenters. The molecule has 0 fully saturated rings. The molecule has 0 bridgehead atoms. The maximum absolute atomic E-state index is 5.66. The molecule has 19 heavy (non-hydrogen) atoms. The third-order valence-electron chi connectivity index (χ3n) is 2.96. The van der Waals surface area contributed by atoms with E-state index in [9.17, 15) is 0 Å². The molecule has 0 unspecified atom stereocenters. The van der Waals surface area contributed by atoms with Crippen molar-refractivity contribution >= 4 is 16.5 Å². The molecule has 0 aromatic carbocycles. The molecular formula is C14H27N3OS. The van der Waals surface area contributed by atoms with Crippen molar-refractivity contribution in [1.82, 2.24) is 10.3 Å². The lowest BCUT2D eigenvalue weighted by molar-refractivity contribution is -0.00893. The minimum atomic E-state index is -0.110. The van der Waals surface area contributed by atoms with Gasteiger partial charge in [-0.05, 0) is 34.6 Å². The number of nitrogens with zero attached hydrogens (tertiary/aromatic N) is 2. The Balaban J connectivity index is 2.42. The van der Waals surface area contributed by atoms with Crippen molar-refractivity contribution in [3.05, 3.63) is 11.1 Å². The van der Waals surface area contributed by atoms with Gasteiger partial charge in [-0.1, -0.05) is 0 Å². The van der Waals surface area contributed by atoms with Crippen molar-refractivity contribution in [1.29, 1.82) is 0 Å². The minimum absolute atomic E-state index is 0.110. The van der Waals surface area contributed by atoms with Crippen LogP contribution >= 0.6 is 11.3 Å². The number of thiazole rings is 1. The molecule has 1 aromatic rings. The summed E-state index contributed by atoms with van der Waals surface area (Å²) >= 11 is 1.77. The van der Waals surface area contributed by atoms with E-state index in [2.05, 4.69) is 42.9 Å². The summed E-state index contributed by atoms with van der Waals surface area (Å²) in [5.41, 5.74) is -0.110. The smallest absolute Gasteiger partial charge is 0.185 e. The van der Waals surface area contributed by atoms with Crippen LogP contribution in [0.5, 0.6) is 0 Å². The Kier molecular flexibility index (Phi) is 6.75. The van der Waals surface area contributed by atoms with Crippen molar-refractivity contribution in [3.63, 3.8) is 0 Å². The molecule has 0 aliphatic carbocycles. The first-order valence-corrected chi connectivity index (χ1v) is 7.88. The molecule has 0 spiro atoms. The van der Waals surface area contributed by atoms with Gasteiger partial charge in [0.15, 0.2) is 5.13 Å². The maximum atomic E-state index is 5.66. The first-order chi connectivity index (χ1) is 9.02. The predicted molar refractivity (Wildman–Crippen MR) is 83.1 cm³/mol. The lowest BCUT2D eigenvalue weighted by Gasteiger charge is -2.24. The monoisotopic (exact) mass is 285 g/mol. The molecule has 4 nitrogen and oxygen atoms in total. The Morgan fingerprint density at radius 2 is 2.00 bits per heavy atom. The van der Waals surface area contributed by atoms with Gasteiger partial charge in [0.1, 0.15) is 0 Å². The lowest BCUT2D eigenvalue weighted by atomic mass is 10.1. The zero-order chi connectivity index (χ0) is 14.3. The van der Waals surface area contributed by atoms with E-state index in [1.54, 1.807) is 11.3 Å². The van der Waals surface area contributed by atoms with Gasteiger partial charge in [-0.15, -0.1) is 11.3 Å². The lowest BCUT2D eigenvalue weighted by Crippen LogP contribution is -2.37. The SMILES string of the molecule is CCOC(C)(C)CNCc1cnc(N(CC)CC)s1. The minimum Gasteiger partial charge on any atom is -0.375 e. The van der Waals surface area contributed by atoms with Gasteiger partial charge in [-0.2, -0.15) is 0 Å². The third-order valence-corrected chi connectivity index (χ3v) is 4.02. The molecule has 0 aliphatic rings. The summed E-state index contributed by atoms with van der Waals surface area (Å²) in [6.07, 6.45) is 1.97. The topological polar surface area (TPSA) is 37.4 Å². The van der Waals surface area contributed by atoms with Crippen LogP contribution in [0.4, 0.5) is 5.13 Å². The Bertz CT molecular complexity index is 361. The Labute approximate surface area is 121 Å². The van der Waals surface area contributed by atoms with Gasteiger partial charge in [0, 0.05) is 43.9 Å². The van der Waals surface area contributed by atoms with E-state index in [1.165, 1.54) is 4.88 Å². The zero-order valence-electron chi connectivity index (χ0n) is 12.8. The number of aromatic nitrogens is 1. The highest BCUT2D eigenvalue weighted by Gasteiger charge is 2.17. The van der Waals surface area contributed by atoms with Crippen LogP contribution < -0.4 is 10.2 Å². The number of nitrogens with one attached hydrogen (secondary N) is 1. The number of hydrogen-bond acceptors (Lipinski definition) is 5. The van der Waals surface area contributed by atoms with E-state index in [4.69, 9.17) is 4.74 Å². The number of rotatable bonds is 9. The van der Waals surface area contributed by atoms with E-state index in [0.717, 1.165) is 37.9 Å². The fraction of sp³-hybridized carbons (Fsp3) is 0.786. The molecule has 1 N–H and O–H groups in total. The average Bonchev–Trinajstić information content (AvgIpc) is 2.79. The van der Waals surface area contributed by atoms with Gasteiger partial charge in [-0.3, -0.25) is 0 Å². The van der Waals surface area contributed by atoms with Crippen molar-refractivity contribution in [2.75, 3.05) is 31.1 Å². The molecule has 0 saturated carbocycles. The van der Waals surface area contributed by atoms with E-state index < -0.39 is 0 Å². The van der Waals surface area contributed by atoms with Gasteiger partial charge >= 0.3 is 0 Å². The van der Waals surface area contributed by atoms with Crippen LogP contribution in [-0.4, -0.2) is 36.8 Å². The van der Waals surface area contributed by atoms with E-state index in [-0.39, 0.29) is 5.60 Å². The van der Waals surface area contributed by atoms with Gasteiger partial charge < -0.3 is 15.0 Å². The first kappa shape index (κ1) is 16.4. The summed E-state index contributed by atoms with van der Waals surface area (Å²) in [7, 11) is 0. The fourth-order valence-corrected chi connectivity index (χ4v) is 2.95. The van der Waals surface area contributed by atoms with Gasteiger partial charge in [0.25, 0.3) is 0 Å². The molecule has 5 heteroatoms. The summed E-state index contributed by atoms with van der Waals surface area (Å²) < 4.78 is 5.66. The summed E-state index contributed by atoms with van der Waals surface area (Å²) in [5, 5.41) is 4.56. The molecule has 0 aliphatic heterocycles. The van der Waals surface area contributed by atoms with E-state index >= 15 is 0 Å². The average molecular weight is 285 g/mol. The summed E-state index contributed by atoms with van der Waals surface area (Å²) in [6.45, 7) is 15.0. The fourth-order valence-electron chi connectivity index (χ4n) is 1.95. The second-order valence-corrected chi connectivity index (χ2v) is 6.17. The van der Waals surface area contributed by atoms with E-state index in [1.807, 2.05) is 13.1 Å². The molecule has 1 rings (SSSR count). The molecular weight excluding hydrogens is 258 g/mol. The van der Waals surface area contributed by atoms with Crippen LogP contribution in [0.2, 0.25) is 0 Å². The van der Waals surface area contributed by atoms with Gasteiger partial charge in [0.05, 0.1) is 5.60 Å². The summed E-state index contributed by atoms with van der Waals surface area (Å²) in [4.78, 5) is 8.03. The second-order valence-electron chi connectivity index (χ2n) is 5.08. The largest absolute Gasteiger partial charge is 0.375 e. The van der Waals surface area contributed by atoms with Crippen molar-refractivity contribution in [2.24, 2.45) is 0 Å². The van der Waals surface area contributed by atoms with Gasteiger partial charge in [0.2, 0.25) is 0 Å². The standard InChI is InChI=1S/C14H27N3OS/c1-6-17(7-2)13-16-10-12(19-13)9-15-11-14(4,5)18-8-3/h10,15H,6-9,11H2,1-5H3. The molecule has 0 saturated heterocycles.